The minimum absolute atomic E-state index is 1.11. The molecule has 2 aromatic carbocycles. The Bertz CT molecular complexity index is 461. The number of benzene rings is 2. The summed E-state index contributed by atoms with van der Waals surface area (Å²) in [5.74, 6) is 0. The third-order valence-corrected chi connectivity index (χ3v) is 5.37. The van der Waals surface area contributed by atoms with Crippen molar-refractivity contribution in [2.45, 2.75) is 9.79 Å². The van der Waals surface area contributed by atoms with Crippen molar-refractivity contribution in [3.8, 4) is 0 Å². The van der Waals surface area contributed by atoms with Crippen LogP contribution in [0.15, 0.2) is 70.5 Å². The van der Waals surface area contributed by atoms with Crippen molar-refractivity contribution in [2.24, 2.45) is 0 Å². The van der Waals surface area contributed by atoms with Gasteiger partial charge >= 0.3 is 0 Å². The summed E-state index contributed by atoms with van der Waals surface area (Å²) in [6.07, 6.45) is 0. The van der Waals surface area contributed by atoms with Gasteiger partial charge in [0.25, 0.3) is 0 Å². The number of nitrogens with zero attached hydrogens (tertiary/aromatic N) is 2. The zero-order valence-electron chi connectivity index (χ0n) is 11.3. The summed E-state index contributed by atoms with van der Waals surface area (Å²) in [5, 5.41) is 0. The predicted molar refractivity (Wildman–Crippen MR) is 87.7 cm³/mol. The van der Waals surface area contributed by atoms with E-state index in [9.17, 15) is 0 Å². The maximum Gasteiger partial charge on any atom is 0.0231 e. The molecule has 3 rings (SSSR count). The van der Waals surface area contributed by atoms with E-state index in [1.807, 2.05) is 23.9 Å². The molecular weight excluding hydrogens is 284 g/mol. The highest BCUT2D eigenvalue weighted by molar-refractivity contribution is 7.97. The summed E-state index contributed by atoms with van der Waals surface area (Å²) in [5.41, 5.74) is 0. The second-order valence-electron chi connectivity index (χ2n) is 4.67. The molecule has 0 N–H and O–H groups in total. The molecule has 20 heavy (non-hydrogen) atoms. The first kappa shape index (κ1) is 14.0. The zero-order valence-corrected chi connectivity index (χ0v) is 12.9. The van der Waals surface area contributed by atoms with Gasteiger partial charge in [0.2, 0.25) is 0 Å². The van der Waals surface area contributed by atoms with E-state index in [0.29, 0.717) is 0 Å². The molecule has 1 aliphatic rings. The average molecular weight is 302 g/mol. The molecule has 1 aliphatic heterocycles. The molecule has 0 amide bonds. The molecule has 1 fully saturated rings. The van der Waals surface area contributed by atoms with Crippen LogP contribution < -0.4 is 0 Å². The van der Waals surface area contributed by atoms with E-state index in [4.69, 9.17) is 0 Å². The van der Waals surface area contributed by atoms with Gasteiger partial charge in [0.15, 0.2) is 0 Å². The molecule has 0 aromatic heterocycles. The monoisotopic (exact) mass is 302 g/mol. The van der Waals surface area contributed by atoms with Crippen LogP contribution in [0.4, 0.5) is 0 Å². The largest absolute Gasteiger partial charge is 0.244 e. The van der Waals surface area contributed by atoms with Crippen LogP contribution in [0.3, 0.4) is 0 Å². The lowest BCUT2D eigenvalue weighted by molar-refractivity contribution is 0.308. The molecule has 0 spiro atoms. The second-order valence-corrected chi connectivity index (χ2v) is 7.01. The molecule has 0 aliphatic carbocycles. The Morgan fingerprint density at radius 1 is 0.550 bits per heavy atom. The maximum atomic E-state index is 2.46. The van der Waals surface area contributed by atoms with Gasteiger partial charge in [0.05, 0.1) is 0 Å². The van der Waals surface area contributed by atoms with Gasteiger partial charge in [-0.2, -0.15) is 0 Å². The van der Waals surface area contributed by atoms with Crippen LogP contribution in [0.25, 0.3) is 0 Å². The normalized spacial score (nSPS) is 17.2. The van der Waals surface area contributed by atoms with Gasteiger partial charge in [-0.1, -0.05) is 36.4 Å². The first-order valence-electron chi connectivity index (χ1n) is 6.86. The minimum Gasteiger partial charge on any atom is -0.244 e. The van der Waals surface area contributed by atoms with Crippen molar-refractivity contribution < 1.29 is 0 Å². The highest BCUT2D eigenvalue weighted by atomic mass is 32.2. The lowest BCUT2D eigenvalue weighted by Gasteiger charge is -2.32. The van der Waals surface area contributed by atoms with E-state index in [0.717, 1.165) is 26.2 Å². The van der Waals surface area contributed by atoms with Crippen molar-refractivity contribution >= 4 is 23.9 Å². The van der Waals surface area contributed by atoms with Gasteiger partial charge in [0, 0.05) is 36.0 Å². The van der Waals surface area contributed by atoms with Crippen LogP contribution in [-0.4, -0.2) is 34.8 Å². The van der Waals surface area contributed by atoms with Crippen LogP contribution >= 0.6 is 23.9 Å². The van der Waals surface area contributed by atoms with Gasteiger partial charge in [-0.05, 0) is 48.2 Å². The molecule has 1 saturated heterocycles. The summed E-state index contributed by atoms with van der Waals surface area (Å²) in [7, 11) is 0. The summed E-state index contributed by atoms with van der Waals surface area (Å²) in [6.45, 7) is 4.44. The Kier molecular flexibility index (Phi) is 5.03. The first-order chi connectivity index (χ1) is 9.90. The molecule has 0 atom stereocenters. The Morgan fingerprint density at radius 3 is 1.25 bits per heavy atom. The molecule has 0 radical (unpaired) electrons. The average Bonchev–Trinajstić information content (AvgIpc) is 2.51. The van der Waals surface area contributed by atoms with Gasteiger partial charge in [-0.15, -0.1) is 0 Å². The van der Waals surface area contributed by atoms with Crippen LogP contribution in [-0.2, 0) is 0 Å². The molecular formula is C16H18N2S2. The Morgan fingerprint density at radius 2 is 0.900 bits per heavy atom. The smallest absolute Gasteiger partial charge is 0.0231 e. The summed E-state index contributed by atoms with van der Waals surface area (Å²) in [6, 6.07) is 21.2. The van der Waals surface area contributed by atoms with Crippen LogP contribution in [0.5, 0.6) is 0 Å². The van der Waals surface area contributed by atoms with Gasteiger partial charge < -0.3 is 0 Å². The third-order valence-electron chi connectivity index (χ3n) is 3.15. The number of hydrogen-bond donors (Lipinski definition) is 0. The van der Waals surface area contributed by atoms with Gasteiger partial charge in [-0.3, -0.25) is 0 Å². The van der Waals surface area contributed by atoms with Crippen LogP contribution in [0.1, 0.15) is 0 Å². The first-order valence-corrected chi connectivity index (χ1v) is 8.41. The highest BCUT2D eigenvalue weighted by Crippen LogP contribution is 2.27. The van der Waals surface area contributed by atoms with E-state index in [1.165, 1.54) is 9.79 Å². The third kappa shape index (κ3) is 4.03. The fourth-order valence-corrected chi connectivity index (χ4v) is 3.96. The maximum absolute atomic E-state index is 2.46. The van der Waals surface area contributed by atoms with Crippen molar-refractivity contribution in [1.82, 2.24) is 8.61 Å². The molecule has 104 valence electrons. The van der Waals surface area contributed by atoms with Gasteiger partial charge in [-0.25, -0.2) is 8.61 Å². The molecule has 0 saturated carbocycles. The quantitative estimate of drug-likeness (QED) is 0.787. The second kappa shape index (κ2) is 7.18. The predicted octanol–water partition coefficient (Wildman–Crippen LogP) is 4.02. The molecule has 2 aromatic rings. The summed E-state index contributed by atoms with van der Waals surface area (Å²) < 4.78 is 4.91. The van der Waals surface area contributed by atoms with Crippen molar-refractivity contribution in [2.75, 3.05) is 26.2 Å². The van der Waals surface area contributed by atoms with E-state index in [1.54, 1.807) is 0 Å². The SMILES string of the molecule is c1ccc(SN2CCN(Sc3ccccc3)CC2)cc1. The molecule has 0 unspecified atom stereocenters. The standard InChI is InChI=1S/C16H18N2S2/c1-3-7-15(8-4-1)19-17-11-13-18(14-12-17)20-16-9-5-2-6-10-16/h1-10H,11-14H2. The van der Waals surface area contributed by atoms with Crippen molar-refractivity contribution in [3.05, 3.63) is 60.7 Å². The van der Waals surface area contributed by atoms with Crippen molar-refractivity contribution in [3.63, 3.8) is 0 Å². The topological polar surface area (TPSA) is 6.48 Å². The Hall–Kier alpha value is -0.940. The van der Waals surface area contributed by atoms with Crippen molar-refractivity contribution in [1.29, 1.82) is 0 Å². The van der Waals surface area contributed by atoms with Gasteiger partial charge in [0.1, 0.15) is 0 Å². The van der Waals surface area contributed by atoms with E-state index in [2.05, 4.69) is 69.3 Å². The molecule has 0 bridgehead atoms. The number of rotatable bonds is 4. The zero-order chi connectivity index (χ0) is 13.6. The van der Waals surface area contributed by atoms with E-state index >= 15 is 0 Å². The van der Waals surface area contributed by atoms with E-state index in [-0.39, 0.29) is 0 Å². The Balaban J connectivity index is 1.47. The summed E-state index contributed by atoms with van der Waals surface area (Å²) >= 11 is 3.74. The van der Waals surface area contributed by atoms with Crippen LogP contribution in [0, 0.1) is 0 Å². The molecule has 4 heteroatoms. The van der Waals surface area contributed by atoms with Crippen LogP contribution in [0.2, 0.25) is 0 Å². The lowest BCUT2D eigenvalue weighted by Crippen LogP contribution is -2.39. The van der Waals surface area contributed by atoms with E-state index < -0.39 is 0 Å². The minimum atomic E-state index is 1.11. The highest BCUT2D eigenvalue weighted by Gasteiger charge is 2.18. The Labute approximate surface area is 129 Å². The fraction of sp³-hybridized carbons (Fsp3) is 0.250. The fourth-order valence-electron chi connectivity index (χ4n) is 2.11. The summed E-state index contributed by atoms with van der Waals surface area (Å²) in [4.78, 5) is 2.66. The lowest BCUT2D eigenvalue weighted by atomic mass is 10.4. The molecule has 1 heterocycles. The number of hydrogen-bond acceptors (Lipinski definition) is 4. The molecule has 2 nitrogen and oxygen atoms in total. The number of piperazine rings is 1.